The van der Waals surface area contributed by atoms with Crippen LogP contribution < -0.4 is 5.32 Å². The molecule has 8 heteroatoms. The topological polar surface area (TPSA) is 58.6 Å². The van der Waals surface area contributed by atoms with Gasteiger partial charge in [-0.2, -0.15) is 0 Å². The molecule has 0 radical (unpaired) electrons. The fourth-order valence-electron chi connectivity index (χ4n) is 2.34. The molecule has 1 saturated heterocycles. The van der Waals surface area contributed by atoms with Crippen LogP contribution in [0.3, 0.4) is 0 Å². The number of ether oxygens (including phenoxy) is 1. The standard InChI is InChI=1S/C15H20N2O3S3/c1-9-10(2)23-13(12(9)14(19)20-3)16-11(18)8-22-15(21)17-6-4-5-7-17/h4-8H2,1-3H3,(H,16,18). The van der Waals surface area contributed by atoms with Crippen LogP contribution in [0.4, 0.5) is 5.00 Å². The molecule has 1 N–H and O–H groups in total. The minimum atomic E-state index is -0.428. The maximum absolute atomic E-state index is 12.2. The first-order chi connectivity index (χ1) is 10.9. The van der Waals surface area contributed by atoms with Crippen LogP contribution in [0.15, 0.2) is 0 Å². The van der Waals surface area contributed by atoms with Gasteiger partial charge in [-0.3, -0.25) is 4.79 Å². The van der Waals surface area contributed by atoms with Crippen molar-refractivity contribution >= 4 is 56.5 Å². The highest BCUT2D eigenvalue weighted by atomic mass is 32.2. The summed E-state index contributed by atoms with van der Waals surface area (Å²) in [6, 6.07) is 0. The van der Waals surface area contributed by atoms with Crippen molar-refractivity contribution in [3.8, 4) is 0 Å². The van der Waals surface area contributed by atoms with Crippen LogP contribution >= 0.6 is 35.3 Å². The summed E-state index contributed by atoms with van der Waals surface area (Å²) >= 11 is 8.10. The fraction of sp³-hybridized carbons (Fsp3) is 0.533. The Hall–Kier alpha value is -1.12. The Labute approximate surface area is 149 Å². The Balaban J connectivity index is 1.96. The van der Waals surface area contributed by atoms with Crippen molar-refractivity contribution in [2.24, 2.45) is 0 Å². The number of thiocarbonyl (C=S) groups is 1. The molecule has 1 aromatic heterocycles. The Morgan fingerprint density at radius 1 is 1.35 bits per heavy atom. The molecule has 1 fully saturated rings. The average molecular weight is 373 g/mol. The Kier molecular flexibility index (Phi) is 6.43. The monoisotopic (exact) mass is 372 g/mol. The second kappa shape index (κ2) is 8.12. The van der Waals surface area contributed by atoms with Gasteiger partial charge < -0.3 is 15.0 Å². The third-order valence-corrected chi connectivity index (χ3v) is 6.36. The highest BCUT2D eigenvalue weighted by Gasteiger charge is 2.22. The van der Waals surface area contributed by atoms with E-state index in [4.69, 9.17) is 17.0 Å². The predicted molar refractivity (Wildman–Crippen MR) is 99.6 cm³/mol. The van der Waals surface area contributed by atoms with E-state index >= 15 is 0 Å². The molecule has 0 saturated carbocycles. The molecule has 0 aromatic carbocycles. The van der Waals surface area contributed by atoms with Crippen molar-refractivity contribution in [2.45, 2.75) is 26.7 Å². The van der Waals surface area contributed by atoms with E-state index in [9.17, 15) is 9.59 Å². The van der Waals surface area contributed by atoms with Crippen LogP contribution in [0.1, 0.15) is 33.6 Å². The molecule has 1 aliphatic heterocycles. The molecule has 1 amide bonds. The third kappa shape index (κ3) is 4.45. The highest BCUT2D eigenvalue weighted by Crippen LogP contribution is 2.33. The quantitative estimate of drug-likeness (QED) is 0.647. The van der Waals surface area contributed by atoms with E-state index < -0.39 is 5.97 Å². The number of thiophene rings is 1. The molecule has 0 atom stereocenters. The van der Waals surface area contributed by atoms with E-state index in [0.29, 0.717) is 10.6 Å². The molecule has 23 heavy (non-hydrogen) atoms. The lowest BCUT2D eigenvalue weighted by atomic mass is 10.1. The van der Waals surface area contributed by atoms with Crippen LogP contribution in [-0.2, 0) is 9.53 Å². The van der Waals surface area contributed by atoms with Crippen molar-refractivity contribution in [3.05, 3.63) is 16.0 Å². The third-order valence-electron chi connectivity index (χ3n) is 3.72. The number of thioether (sulfide) groups is 1. The van der Waals surface area contributed by atoms with Gasteiger partial charge in [-0.15, -0.1) is 11.3 Å². The van der Waals surface area contributed by atoms with Crippen LogP contribution in [0, 0.1) is 13.8 Å². The first kappa shape index (κ1) is 18.2. The number of esters is 1. The van der Waals surface area contributed by atoms with E-state index in [-0.39, 0.29) is 11.7 Å². The molecular weight excluding hydrogens is 352 g/mol. The van der Waals surface area contributed by atoms with Gasteiger partial charge in [-0.05, 0) is 32.3 Å². The van der Waals surface area contributed by atoms with Crippen molar-refractivity contribution in [1.29, 1.82) is 0 Å². The van der Waals surface area contributed by atoms with Crippen LogP contribution in [0.25, 0.3) is 0 Å². The van der Waals surface area contributed by atoms with Gasteiger partial charge in [0.15, 0.2) is 0 Å². The lowest BCUT2D eigenvalue weighted by molar-refractivity contribution is -0.113. The number of anilines is 1. The summed E-state index contributed by atoms with van der Waals surface area (Å²) in [4.78, 5) is 27.2. The Bertz CT molecular complexity index is 622. The number of hydrogen-bond acceptors (Lipinski definition) is 6. The Morgan fingerprint density at radius 3 is 2.61 bits per heavy atom. The minimum Gasteiger partial charge on any atom is -0.465 e. The van der Waals surface area contributed by atoms with E-state index in [2.05, 4.69) is 10.2 Å². The molecule has 0 unspecified atom stereocenters. The number of methoxy groups -OCH3 is 1. The van der Waals surface area contributed by atoms with E-state index in [1.165, 1.54) is 30.2 Å². The summed E-state index contributed by atoms with van der Waals surface area (Å²) in [6.45, 7) is 5.72. The second-order valence-corrected chi connectivity index (χ2v) is 8.11. The largest absolute Gasteiger partial charge is 0.465 e. The van der Waals surface area contributed by atoms with Crippen molar-refractivity contribution in [1.82, 2.24) is 4.90 Å². The van der Waals surface area contributed by atoms with Crippen LogP contribution in [-0.4, -0.2) is 47.0 Å². The smallest absolute Gasteiger partial charge is 0.341 e. The zero-order valence-electron chi connectivity index (χ0n) is 13.4. The molecular formula is C15H20N2O3S3. The number of hydrogen-bond donors (Lipinski definition) is 1. The van der Waals surface area contributed by atoms with E-state index in [0.717, 1.165) is 40.7 Å². The normalized spacial score (nSPS) is 14.0. The van der Waals surface area contributed by atoms with E-state index in [1.54, 1.807) is 0 Å². The number of nitrogens with zero attached hydrogens (tertiary/aromatic N) is 1. The molecule has 2 heterocycles. The fourth-order valence-corrected chi connectivity index (χ4v) is 4.46. The second-order valence-electron chi connectivity index (χ2n) is 5.28. The van der Waals surface area contributed by atoms with E-state index in [1.807, 2.05) is 13.8 Å². The highest BCUT2D eigenvalue weighted by molar-refractivity contribution is 8.23. The molecule has 0 bridgehead atoms. The number of rotatable bonds is 4. The van der Waals surface area contributed by atoms with Crippen molar-refractivity contribution in [2.75, 3.05) is 31.3 Å². The number of likely N-dealkylation sites (tertiary alicyclic amines) is 1. The first-order valence-electron chi connectivity index (χ1n) is 7.34. The lowest BCUT2D eigenvalue weighted by Crippen LogP contribution is -2.25. The summed E-state index contributed by atoms with van der Waals surface area (Å²) in [5, 5.41) is 3.36. The molecule has 5 nitrogen and oxygen atoms in total. The molecule has 2 rings (SSSR count). The van der Waals surface area contributed by atoms with Gasteiger partial charge in [-0.1, -0.05) is 24.0 Å². The van der Waals surface area contributed by atoms with Gasteiger partial charge in [0.2, 0.25) is 5.91 Å². The zero-order valence-corrected chi connectivity index (χ0v) is 15.9. The van der Waals surface area contributed by atoms with Crippen LogP contribution in [0.2, 0.25) is 0 Å². The van der Waals surface area contributed by atoms with Gasteiger partial charge in [-0.25, -0.2) is 4.79 Å². The summed E-state index contributed by atoms with van der Waals surface area (Å²) in [5.41, 5.74) is 1.29. The van der Waals surface area contributed by atoms with Gasteiger partial charge in [0.05, 0.1) is 18.4 Å². The SMILES string of the molecule is COC(=O)c1c(NC(=O)CSC(=S)N2CCCC2)sc(C)c1C. The number of carbonyl (C=O) groups excluding carboxylic acids is 2. The van der Waals surface area contributed by atoms with Gasteiger partial charge in [0, 0.05) is 18.0 Å². The summed E-state index contributed by atoms with van der Waals surface area (Å²) in [6.07, 6.45) is 2.31. The van der Waals surface area contributed by atoms with Gasteiger partial charge in [0.1, 0.15) is 9.32 Å². The molecule has 0 spiro atoms. The number of carbonyl (C=O) groups is 2. The molecule has 0 aliphatic carbocycles. The maximum Gasteiger partial charge on any atom is 0.341 e. The maximum atomic E-state index is 12.2. The minimum absolute atomic E-state index is 0.164. The molecule has 126 valence electrons. The van der Waals surface area contributed by atoms with Crippen molar-refractivity contribution in [3.63, 3.8) is 0 Å². The Morgan fingerprint density at radius 2 is 2.00 bits per heavy atom. The zero-order chi connectivity index (χ0) is 17.0. The summed E-state index contributed by atoms with van der Waals surface area (Å²) in [7, 11) is 1.34. The predicted octanol–water partition coefficient (Wildman–Crippen LogP) is 3.20. The first-order valence-corrected chi connectivity index (χ1v) is 9.55. The van der Waals surface area contributed by atoms with Crippen LogP contribution in [0.5, 0.6) is 0 Å². The summed E-state index contributed by atoms with van der Waals surface area (Å²) < 4.78 is 5.57. The number of aryl methyl sites for hydroxylation is 1. The lowest BCUT2D eigenvalue weighted by Gasteiger charge is -2.17. The summed E-state index contributed by atoms with van der Waals surface area (Å²) in [5.74, 6) is -0.350. The van der Waals surface area contributed by atoms with Gasteiger partial charge >= 0.3 is 5.97 Å². The average Bonchev–Trinajstić information content (AvgIpc) is 3.14. The number of nitrogens with one attached hydrogen (secondary N) is 1. The molecule has 1 aromatic rings. The van der Waals surface area contributed by atoms with Gasteiger partial charge in [0.25, 0.3) is 0 Å². The molecule has 1 aliphatic rings. The van der Waals surface area contributed by atoms with Crippen molar-refractivity contribution < 1.29 is 14.3 Å². The number of amides is 1.